The summed E-state index contributed by atoms with van der Waals surface area (Å²) in [4.78, 5) is 2.33. The van der Waals surface area contributed by atoms with Crippen molar-refractivity contribution < 1.29 is 0 Å². The van der Waals surface area contributed by atoms with Crippen LogP contribution in [0.25, 0.3) is 33.7 Å². The molecule has 0 N–H and O–H groups in total. The summed E-state index contributed by atoms with van der Waals surface area (Å²) >= 11 is 0. The normalized spacial score (nSPS) is 11.3. The van der Waals surface area contributed by atoms with Crippen molar-refractivity contribution in [3.8, 4) is 0 Å². The van der Waals surface area contributed by atoms with Gasteiger partial charge in [0.1, 0.15) is 0 Å². The second kappa shape index (κ2) is 9.32. The molecule has 0 aliphatic carbocycles. The fourth-order valence-electron chi connectivity index (χ4n) is 4.80. The SMILES string of the molecule is C(=Cc1ccc(N(c2ccccc2)c2ccccc2)c2ccccc12)c1cccc2ccccc12. The maximum Gasteiger partial charge on any atom is 0.0540 e. The van der Waals surface area contributed by atoms with Crippen LogP contribution in [0, 0.1) is 0 Å². The number of hydrogen-bond acceptors (Lipinski definition) is 1. The fourth-order valence-corrected chi connectivity index (χ4v) is 4.80. The summed E-state index contributed by atoms with van der Waals surface area (Å²) in [6.45, 7) is 0. The number of fused-ring (bicyclic) bond motifs is 2. The highest BCUT2D eigenvalue weighted by Crippen LogP contribution is 2.39. The molecule has 6 aromatic carbocycles. The van der Waals surface area contributed by atoms with E-state index in [1.807, 2.05) is 0 Å². The summed E-state index contributed by atoms with van der Waals surface area (Å²) in [6, 6.07) is 49.3. The lowest BCUT2D eigenvalue weighted by Crippen LogP contribution is -2.10. The van der Waals surface area contributed by atoms with Gasteiger partial charge in [-0.3, -0.25) is 0 Å². The van der Waals surface area contributed by atoms with E-state index < -0.39 is 0 Å². The van der Waals surface area contributed by atoms with Gasteiger partial charge in [0.25, 0.3) is 0 Å². The lowest BCUT2D eigenvalue weighted by Gasteiger charge is -2.27. The third-order valence-corrected chi connectivity index (χ3v) is 6.47. The third kappa shape index (κ3) is 4.09. The molecule has 0 unspecified atom stereocenters. The van der Waals surface area contributed by atoms with Crippen LogP contribution >= 0.6 is 0 Å². The van der Waals surface area contributed by atoms with Gasteiger partial charge in [-0.05, 0) is 57.6 Å². The summed E-state index contributed by atoms with van der Waals surface area (Å²) in [6.07, 6.45) is 4.47. The summed E-state index contributed by atoms with van der Waals surface area (Å²) in [5.41, 5.74) is 5.89. The quantitative estimate of drug-likeness (QED) is 0.238. The van der Waals surface area contributed by atoms with Gasteiger partial charge in [0, 0.05) is 16.8 Å². The molecule has 0 saturated heterocycles. The average Bonchev–Trinajstić information content (AvgIpc) is 2.94. The first-order chi connectivity index (χ1) is 17.4. The van der Waals surface area contributed by atoms with Crippen molar-refractivity contribution in [2.24, 2.45) is 0 Å². The molecule has 0 aliphatic rings. The van der Waals surface area contributed by atoms with Crippen LogP contribution in [0.3, 0.4) is 0 Å². The number of nitrogens with zero attached hydrogens (tertiary/aromatic N) is 1. The van der Waals surface area contributed by atoms with Crippen LogP contribution in [0.4, 0.5) is 17.1 Å². The molecule has 0 amide bonds. The number of hydrogen-bond donors (Lipinski definition) is 0. The molecule has 1 heteroatoms. The van der Waals surface area contributed by atoms with Crippen molar-refractivity contribution in [1.29, 1.82) is 0 Å². The molecule has 0 spiro atoms. The fraction of sp³-hybridized carbons (Fsp3) is 0. The van der Waals surface area contributed by atoms with Crippen LogP contribution in [0.2, 0.25) is 0 Å². The Morgan fingerprint density at radius 1 is 0.371 bits per heavy atom. The minimum Gasteiger partial charge on any atom is -0.310 e. The van der Waals surface area contributed by atoms with E-state index in [0.717, 1.165) is 11.4 Å². The van der Waals surface area contributed by atoms with Gasteiger partial charge in [0.2, 0.25) is 0 Å². The molecule has 6 rings (SSSR count). The molecule has 0 saturated carbocycles. The third-order valence-electron chi connectivity index (χ3n) is 6.47. The van der Waals surface area contributed by atoms with Crippen LogP contribution in [0.1, 0.15) is 11.1 Å². The predicted molar refractivity (Wildman–Crippen MR) is 152 cm³/mol. The summed E-state index contributed by atoms with van der Waals surface area (Å²) in [7, 11) is 0. The summed E-state index contributed by atoms with van der Waals surface area (Å²) in [5, 5.41) is 4.99. The molecule has 6 aromatic rings. The standard InChI is InChI=1S/C34H25N/c1-3-15-29(16-4-1)35(30-17-5-2-6-18-30)34-25-24-28(32-20-9-10-21-33(32)34)23-22-27-14-11-13-26-12-7-8-19-31(26)27/h1-25H. The second-order valence-corrected chi connectivity index (χ2v) is 8.63. The van der Waals surface area contributed by atoms with E-state index in [9.17, 15) is 0 Å². The van der Waals surface area contributed by atoms with Gasteiger partial charge in [-0.2, -0.15) is 0 Å². The average molecular weight is 448 g/mol. The topological polar surface area (TPSA) is 3.24 Å². The molecule has 0 aromatic heterocycles. The number of benzene rings is 6. The smallest absolute Gasteiger partial charge is 0.0540 e. The van der Waals surface area contributed by atoms with Crippen molar-refractivity contribution in [1.82, 2.24) is 0 Å². The molecule has 0 radical (unpaired) electrons. The van der Waals surface area contributed by atoms with Crippen molar-refractivity contribution in [2.45, 2.75) is 0 Å². The van der Waals surface area contributed by atoms with E-state index in [4.69, 9.17) is 0 Å². The monoisotopic (exact) mass is 447 g/mol. The zero-order valence-electron chi connectivity index (χ0n) is 19.4. The minimum absolute atomic E-state index is 1.14. The molecule has 0 aliphatic heterocycles. The molecule has 0 fully saturated rings. The van der Waals surface area contributed by atoms with Crippen LogP contribution in [0.5, 0.6) is 0 Å². The summed E-state index contributed by atoms with van der Waals surface area (Å²) in [5.74, 6) is 0. The molecule has 1 nitrogen and oxygen atoms in total. The van der Waals surface area contributed by atoms with E-state index in [-0.39, 0.29) is 0 Å². The Morgan fingerprint density at radius 2 is 0.886 bits per heavy atom. The van der Waals surface area contributed by atoms with Crippen molar-refractivity contribution in [3.05, 3.63) is 151 Å². The molecule has 0 atom stereocenters. The maximum atomic E-state index is 2.33. The number of rotatable bonds is 5. The van der Waals surface area contributed by atoms with Gasteiger partial charge in [-0.25, -0.2) is 0 Å². The Balaban J connectivity index is 1.49. The zero-order chi connectivity index (χ0) is 23.5. The molecule has 166 valence electrons. The lowest BCUT2D eigenvalue weighted by molar-refractivity contribution is 1.30. The zero-order valence-corrected chi connectivity index (χ0v) is 19.4. The highest BCUT2D eigenvalue weighted by Gasteiger charge is 2.15. The van der Waals surface area contributed by atoms with Gasteiger partial charge < -0.3 is 4.90 Å². The Hall–Kier alpha value is -4.62. The van der Waals surface area contributed by atoms with Crippen LogP contribution in [-0.2, 0) is 0 Å². The molecular weight excluding hydrogens is 422 g/mol. The van der Waals surface area contributed by atoms with E-state index >= 15 is 0 Å². The van der Waals surface area contributed by atoms with Gasteiger partial charge in [0.15, 0.2) is 0 Å². The van der Waals surface area contributed by atoms with Crippen molar-refractivity contribution >= 4 is 50.8 Å². The minimum atomic E-state index is 1.14. The van der Waals surface area contributed by atoms with Crippen molar-refractivity contribution in [3.63, 3.8) is 0 Å². The molecule has 0 heterocycles. The lowest BCUT2D eigenvalue weighted by atomic mass is 9.99. The van der Waals surface area contributed by atoms with Crippen LogP contribution in [-0.4, -0.2) is 0 Å². The summed E-state index contributed by atoms with van der Waals surface area (Å²) < 4.78 is 0. The van der Waals surface area contributed by atoms with Crippen LogP contribution in [0.15, 0.2) is 140 Å². The van der Waals surface area contributed by atoms with E-state index in [1.54, 1.807) is 0 Å². The molecular formula is C34H25N. The number of para-hydroxylation sites is 2. The Labute approximate surface area is 206 Å². The van der Waals surface area contributed by atoms with E-state index in [2.05, 4.69) is 157 Å². The first-order valence-electron chi connectivity index (χ1n) is 12.0. The largest absolute Gasteiger partial charge is 0.310 e. The van der Waals surface area contributed by atoms with Gasteiger partial charge in [-0.15, -0.1) is 0 Å². The van der Waals surface area contributed by atoms with E-state index in [1.165, 1.54) is 38.4 Å². The Morgan fingerprint density at radius 3 is 1.57 bits per heavy atom. The predicted octanol–water partition coefficient (Wildman–Crippen LogP) is 9.63. The molecule has 35 heavy (non-hydrogen) atoms. The Kier molecular flexibility index (Phi) is 5.58. The second-order valence-electron chi connectivity index (χ2n) is 8.63. The van der Waals surface area contributed by atoms with Crippen LogP contribution < -0.4 is 4.90 Å². The van der Waals surface area contributed by atoms with Crippen molar-refractivity contribution in [2.75, 3.05) is 4.90 Å². The Bertz CT molecular complexity index is 1590. The highest BCUT2D eigenvalue weighted by atomic mass is 15.1. The van der Waals surface area contributed by atoms with Gasteiger partial charge >= 0.3 is 0 Å². The molecule has 0 bridgehead atoms. The highest BCUT2D eigenvalue weighted by molar-refractivity contribution is 6.04. The van der Waals surface area contributed by atoms with Gasteiger partial charge in [0.05, 0.1) is 5.69 Å². The maximum absolute atomic E-state index is 2.33. The van der Waals surface area contributed by atoms with E-state index in [0.29, 0.717) is 0 Å². The first kappa shape index (κ1) is 20.9. The first-order valence-corrected chi connectivity index (χ1v) is 12.0. The number of anilines is 3. The van der Waals surface area contributed by atoms with Gasteiger partial charge in [-0.1, -0.05) is 121 Å².